The van der Waals surface area contributed by atoms with E-state index in [4.69, 9.17) is 4.42 Å². The summed E-state index contributed by atoms with van der Waals surface area (Å²) in [6.07, 6.45) is 0. The van der Waals surface area contributed by atoms with Gasteiger partial charge in [-0.3, -0.25) is 0 Å². The second-order valence-corrected chi connectivity index (χ2v) is 12.9. The van der Waals surface area contributed by atoms with Crippen molar-refractivity contribution in [3.05, 3.63) is 170 Å². The van der Waals surface area contributed by atoms with E-state index in [1.54, 1.807) is 0 Å². The van der Waals surface area contributed by atoms with Gasteiger partial charge in [0.2, 0.25) is 0 Å². The second kappa shape index (κ2) is 9.96. The van der Waals surface area contributed by atoms with Crippen LogP contribution in [0.3, 0.4) is 0 Å². The van der Waals surface area contributed by atoms with Crippen LogP contribution in [-0.2, 0) is 0 Å². The Morgan fingerprint density at radius 1 is 0.429 bits per heavy atom. The standard InChI is InChI=1S/C46H28N2O/c1-3-13-29(14-4-1)32-19-9-24-37-43-39(26-12-28-41(43)49-46(32)37)47(31-17-5-2-6-18-31)40-27-11-23-36-35-22-10-21-34-33-20-7-15-30-16-8-25-38(42(30)33)48(44(34)35)45(36)40/h1-28H. The Morgan fingerprint density at radius 2 is 1.04 bits per heavy atom. The van der Waals surface area contributed by atoms with E-state index in [0.717, 1.165) is 50.1 Å². The smallest absolute Gasteiger partial charge is 0.143 e. The summed E-state index contributed by atoms with van der Waals surface area (Å²) in [5.74, 6) is 0. The molecule has 3 aromatic heterocycles. The largest absolute Gasteiger partial charge is 0.455 e. The lowest BCUT2D eigenvalue weighted by Gasteiger charge is -2.27. The van der Waals surface area contributed by atoms with Crippen LogP contribution in [0.2, 0.25) is 0 Å². The van der Waals surface area contributed by atoms with E-state index < -0.39 is 0 Å². The molecule has 11 aromatic rings. The quantitative estimate of drug-likeness (QED) is 0.143. The summed E-state index contributed by atoms with van der Waals surface area (Å²) in [5.41, 5.74) is 10.9. The predicted octanol–water partition coefficient (Wildman–Crippen LogP) is 13.0. The van der Waals surface area contributed by atoms with Crippen LogP contribution >= 0.6 is 0 Å². The fourth-order valence-corrected chi connectivity index (χ4v) is 8.31. The number of benzene rings is 8. The van der Waals surface area contributed by atoms with Crippen molar-refractivity contribution in [3.63, 3.8) is 0 Å². The molecule has 0 atom stereocenters. The number of para-hydroxylation sites is 4. The maximum atomic E-state index is 6.75. The zero-order valence-electron chi connectivity index (χ0n) is 26.5. The number of hydrogen-bond donors (Lipinski definition) is 0. The summed E-state index contributed by atoms with van der Waals surface area (Å²) in [5, 5.41) is 9.79. The fraction of sp³-hybridized carbons (Fsp3) is 0. The van der Waals surface area contributed by atoms with Crippen LogP contribution in [0, 0.1) is 0 Å². The third-order valence-corrected chi connectivity index (χ3v) is 10.3. The van der Waals surface area contributed by atoms with Crippen molar-refractivity contribution in [2.75, 3.05) is 4.90 Å². The van der Waals surface area contributed by atoms with Crippen LogP contribution in [-0.4, -0.2) is 4.40 Å². The summed E-state index contributed by atoms with van der Waals surface area (Å²) in [6.45, 7) is 0. The highest BCUT2D eigenvalue weighted by molar-refractivity contribution is 6.28. The topological polar surface area (TPSA) is 20.8 Å². The van der Waals surface area contributed by atoms with E-state index in [9.17, 15) is 0 Å². The maximum absolute atomic E-state index is 6.75. The van der Waals surface area contributed by atoms with Crippen LogP contribution in [0.5, 0.6) is 0 Å². The van der Waals surface area contributed by atoms with Gasteiger partial charge in [0.1, 0.15) is 11.2 Å². The Morgan fingerprint density at radius 3 is 1.88 bits per heavy atom. The molecule has 0 unspecified atom stereocenters. The lowest BCUT2D eigenvalue weighted by atomic mass is 9.99. The molecule has 0 saturated heterocycles. The van der Waals surface area contributed by atoms with Crippen LogP contribution in [0.25, 0.3) is 81.9 Å². The number of rotatable bonds is 4. The van der Waals surface area contributed by atoms with Gasteiger partial charge in [-0.15, -0.1) is 0 Å². The minimum atomic E-state index is 0.867. The summed E-state index contributed by atoms with van der Waals surface area (Å²) in [4.78, 5) is 2.43. The molecule has 0 aliphatic rings. The van der Waals surface area contributed by atoms with Gasteiger partial charge >= 0.3 is 0 Å². The van der Waals surface area contributed by atoms with Gasteiger partial charge in [-0.05, 0) is 52.7 Å². The Balaban J connectivity index is 1.30. The van der Waals surface area contributed by atoms with Crippen molar-refractivity contribution >= 4 is 87.9 Å². The van der Waals surface area contributed by atoms with Crippen LogP contribution < -0.4 is 4.90 Å². The first-order chi connectivity index (χ1) is 24.3. The van der Waals surface area contributed by atoms with Crippen LogP contribution in [0.4, 0.5) is 17.1 Å². The zero-order chi connectivity index (χ0) is 32.1. The SMILES string of the molecule is c1ccc(-c2cccc3c2oc2cccc(N(c4ccccc4)c4cccc5c6cccc7c8cccc9cccc(c98)n(c45)c76)c23)cc1. The van der Waals surface area contributed by atoms with Gasteiger partial charge in [-0.2, -0.15) is 0 Å². The molecule has 0 saturated carbocycles. The molecular formula is C46H28N2O. The van der Waals surface area contributed by atoms with Crippen molar-refractivity contribution in [2.24, 2.45) is 0 Å². The molecule has 3 heterocycles. The molecule has 0 radical (unpaired) electrons. The molecular weight excluding hydrogens is 597 g/mol. The number of furan rings is 1. The Labute approximate surface area is 281 Å². The first kappa shape index (κ1) is 26.5. The van der Waals surface area contributed by atoms with E-state index in [-0.39, 0.29) is 0 Å². The van der Waals surface area contributed by atoms with Gasteiger partial charge in [-0.25, -0.2) is 0 Å². The first-order valence-electron chi connectivity index (χ1n) is 16.8. The lowest BCUT2D eigenvalue weighted by molar-refractivity contribution is 0.670. The van der Waals surface area contributed by atoms with E-state index >= 15 is 0 Å². The van der Waals surface area contributed by atoms with Crippen molar-refractivity contribution in [1.29, 1.82) is 0 Å². The molecule has 228 valence electrons. The van der Waals surface area contributed by atoms with Crippen molar-refractivity contribution in [2.45, 2.75) is 0 Å². The van der Waals surface area contributed by atoms with Gasteiger partial charge < -0.3 is 13.7 Å². The van der Waals surface area contributed by atoms with E-state index in [0.29, 0.717) is 0 Å². The molecule has 8 aromatic carbocycles. The molecule has 49 heavy (non-hydrogen) atoms. The molecule has 0 aliphatic heterocycles. The predicted molar refractivity (Wildman–Crippen MR) is 206 cm³/mol. The number of nitrogens with zero attached hydrogens (tertiary/aromatic N) is 2. The molecule has 0 spiro atoms. The molecule has 0 fully saturated rings. The van der Waals surface area contributed by atoms with Gasteiger partial charge in [0, 0.05) is 38.2 Å². The molecule has 0 aliphatic carbocycles. The normalized spacial score (nSPS) is 12.1. The average molecular weight is 625 g/mol. The molecule has 0 N–H and O–H groups in total. The van der Waals surface area contributed by atoms with Crippen LogP contribution in [0.15, 0.2) is 174 Å². The van der Waals surface area contributed by atoms with Crippen molar-refractivity contribution in [3.8, 4) is 11.1 Å². The highest BCUT2D eigenvalue weighted by atomic mass is 16.3. The van der Waals surface area contributed by atoms with E-state index in [1.807, 2.05) is 0 Å². The van der Waals surface area contributed by atoms with Crippen molar-refractivity contribution < 1.29 is 4.42 Å². The third-order valence-electron chi connectivity index (χ3n) is 10.3. The molecule has 3 nitrogen and oxygen atoms in total. The molecule has 0 bridgehead atoms. The Hall–Kier alpha value is -6.58. The van der Waals surface area contributed by atoms with E-state index in [1.165, 1.54) is 48.9 Å². The minimum absolute atomic E-state index is 0.867. The summed E-state index contributed by atoms with van der Waals surface area (Å²) >= 11 is 0. The second-order valence-electron chi connectivity index (χ2n) is 12.9. The summed E-state index contributed by atoms with van der Waals surface area (Å²) in [6, 6.07) is 61.1. The summed E-state index contributed by atoms with van der Waals surface area (Å²) < 4.78 is 9.27. The summed E-state index contributed by atoms with van der Waals surface area (Å²) in [7, 11) is 0. The third kappa shape index (κ3) is 3.62. The van der Waals surface area contributed by atoms with E-state index in [2.05, 4.69) is 179 Å². The Kier molecular flexibility index (Phi) is 5.38. The van der Waals surface area contributed by atoms with Gasteiger partial charge in [0.15, 0.2) is 0 Å². The highest BCUT2D eigenvalue weighted by Gasteiger charge is 2.25. The first-order valence-corrected chi connectivity index (χ1v) is 16.8. The number of fused-ring (bicyclic) bond motifs is 8. The number of hydrogen-bond acceptors (Lipinski definition) is 2. The number of anilines is 3. The van der Waals surface area contributed by atoms with Crippen molar-refractivity contribution in [1.82, 2.24) is 4.40 Å². The highest BCUT2D eigenvalue weighted by Crippen LogP contribution is 2.49. The minimum Gasteiger partial charge on any atom is -0.455 e. The monoisotopic (exact) mass is 624 g/mol. The average Bonchev–Trinajstić information content (AvgIpc) is 3.72. The fourth-order valence-electron chi connectivity index (χ4n) is 8.31. The number of aromatic nitrogens is 1. The maximum Gasteiger partial charge on any atom is 0.143 e. The van der Waals surface area contributed by atoms with Gasteiger partial charge in [0.25, 0.3) is 0 Å². The molecule has 0 amide bonds. The van der Waals surface area contributed by atoms with Gasteiger partial charge in [0.05, 0.1) is 33.3 Å². The number of pyridine rings is 1. The lowest BCUT2D eigenvalue weighted by Crippen LogP contribution is -2.11. The molecule has 3 heteroatoms. The zero-order valence-corrected chi connectivity index (χ0v) is 26.5. The van der Waals surface area contributed by atoms with Crippen LogP contribution in [0.1, 0.15) is 0 Å². The Bertz CT molecular complexity index is 3040. The molecule has 11 rings (SSSR count). The van der Waals surface area contributed by atoms with Gasteiger partial charge in [-0.1, -0.05) is 133 Å².